The van der Waals surface area contributed by atoms with Crippen LogP contribution in [0.4, 0.5) is 0 Å². The fourth-order valence-corrected chi connectivity index (χ4v) is 4.66. The predicted octanol–water partition coefficient (Wildman–Crippen LogP) is 3.17. The first-order valence-corrected chi connectivity index (χ1v) is 9.28. The summed E-state index contributed by atoms with van der Waals surface area (Å²) in [6.07, 6.45) is 4.48. The summed E-state index contributed by atoms with van der Waals surface area (Å²) in [6, 6.07) is 0. The van der Waals surface area contributed by atoms with Gasteiger partial charge in [0.15, 0.2) is 0 Å². The molecule has 1 aliphatic rings. The number of aromatic nitrogens is 2. The van der Waals surface area contributed by atoms with E-state index in [-0.39, 0.29) is 17.5 Å². The number of hydrogen-bond donors (Lipinski definition) is 0. The average molecular weight is 348 g/mol. The standard InChI is InChI=1S/C18H24N2O3S/c1-5-23-14(21)9-20-10-19-16-15(17(20)22)12-7-6-11(18(2,3)4)8-13(12)24-16/h10-11H,5-9H2,1-4H3/t11-/m1/s1. The summed E-state index contributed by atoms with van der Waals surface area (Å²) in [5, 5.41) is 0.703. The molecule has 1 aliphatic carbocycles. The third kappa shape index (κ3) is 3.11. The lowest BCUT2D eigenvalue weighted by molar-refractivity contribution is -0.143. The van der Waals surface area contributed by atoms with Crippen molar-refractivity contribution in [1.29, 1.82) is 0 Å². The van der Waals surface area contributed by atoms with Crippen molar-refractivity contribution < 1.29 is 9.53 Å². The lowest BCUT2D eigenvalue weighted by Gasteiger charge is -2.33. The van der Waals surface area contributed by atoms with E-state index in [1.807, 2.05) is 0 Å². The number of esters is 1. The third-order valence-corrected chi connectivity index (χ3v) is 6.03. The number of thiophene rings is 1. The highest BCUT2D eigenvalue weighted by Crippen LogP contribution is 2.41. The number of fused-ring (bicyclic) bond motifs is 3. The van der Waals surface area contributed by atoms with E-state index in [0.29, 0.717) is 17.9 Å². The number of carbonyl (C=O) groups excluding carboxylic acids is 1. The Hall–Kier alpha value is -1.69. The van der Waals surface area contributed by atoms with Crippen molar-refractivity contribution in [1.82, 2.24) is 9.55 Å². The van der Waals surface area contributed by atoms with Crippen LogP contribution >= 0.6 is 11.3 Å². The van der Waals surface area contributed by atoms with Crippen LogP contribution in [0.25, 0.3) is 10.2 Å². The summed E-state index contributed by atoms with van der Waals surface area (Å²) in [6.45, 7) is 8.82. The van der Waals surface area contributed by atoms with Crippen molar-refractivity contribution in [3.63, 3.8) is 0 Å². The van der Waals surface area contributed by atoms with Gasteiger partial charge in [-0.3, -0.25) is 14.2 Å². The number of rotatable bonds is 3. The Morgan fingerprint density at radius 2 is 2.21 bits per heavy atom. The van der Waals surface area contributed by atoms with E-state index in [1.54, 1.807) is 18.3 Å². The molecule has 0 saturated heterocycles. The maximum absolute atomic E-state index is 12.8. The summed E-state index contributed by atoms with van der Waals surface area (Å²) < 4.78 is 6.30. The van der Waals surface area contributed by atoms with Crippen LogP contribution in [0.3, 0.4) is 0 Å². The molecule has 1 atom stereocenters. The van der Waals surface area contributed by atoms with Crippen molar-refractivity contribution in [3.8, 4) is 0 Å². The maximum atomic E-state index is 12.8. The molecular formula is C18H24N2O3S. The Morgan fingerprint density at radius 3 is 2.88 bits per heavy atom. The van der Waals surface area contributed by atoms with Gasteiger partial charge in [0, 0.05) is 4.88 Å². The molecule has 2 heterocycles. The van der Waals surface area contributed by atoms with Crippen LogP contribution in [0.15, 0.2) is 11.1 Å². The molecule has 0 aromatic carbocycles. The molecule has 0 spiro atoms. The molecule has 2 aromatic rings. The second-order valence-electron chi connectivity index (χ2n) is 7.47. The lowest BCUT2D eigenvalue weighted by Crippen LogP contribution is -2.28. The van der Waals surface area contributed by atoms with E-state index in [2.05, 4.69) is 25.8 Å². The lowest BCUT2D eigenvalue weighted by atomic mass is 9.72. The zero-order valence-corrected chi connectivity index (χ0v) is 15.5. The normalized spacial score (nSPS) is 17.8. The highest BCUT2D eigenvalue weighted by atomic mass is 32.1. The first kappa shape index (κ1) is 17.1. The second kappa shape index (κ2) is 6.31. The van der Waals surface area contributed by atoms with Crippen LogP contribution in [-0.2, 0) is 28.9 Å². The van der Waals surface area contributed by atoms with Crippen LogP contribution in [0.2, 0.25) is 0 Å². The molecule has 6 heteroatoms. The molecule has 0 N–H and O–H groups in total. The molecule has 0 fully saturated rings. The van der Waals surface area contributed by atoms with Gasteiger partial charge in [0.05, 0.1) is 18.3 Å². The van der Waals surface area contributed by atoms with Gasteiger partial charge in [-0.15, -0.1) is 11.3 Å². The first-order valence-electron chi connectivity index (χ1n) is 8.46. The molecule has 0 unspecified atom stereocenters. The van der Waals surface area contributed by atoms with Crippen molar-refractivity contribution in [2.45, 2.75) is 53.5 Å². The third-order valence-electron chi connectivity index (χ3n) is 4.87. The monoisotopic (exact) mass is 348 g/mol. The molecule has 0 bridgehead atoms. The van der Waals surface area contributed by atoms with E-state index in [0.717, 1.165) is 29.7 Å². The molecule has 0 radical (unpaired) electrons. The van der Waals surface area contributed by atoms with E-state index < -0.39 is 5.97 Å². The highest BCUT2D eigenvalue weighted by molar-refractivity contribution is 7.18. The van der Waals surface area contributed by atoms with Crippen molar-refractivity contribution in [2.75, 3.05) is 6.61 Å². The van der Waals surface area contributed by atoms with Crippen LogP contribution < -0.4 is 5.56 Å². The molecule has 0 aliphatic heterocycles. The predicted molar refractivity (Wildman–Crippen MR) is 95.5 cm³/mol. The average Bonchev–Trinajstić information content (AvgIpc) is 2.87. The SMILES string of the molecule is CCOC(=O)Cn1cnc2sc3c(c2c1=O)CC[C@@H](C(C)(C)C)C3. The molecule has 130 valence electrons. The van der Waals surface area contributed by atoms with Gasteiger partial charge in [-0.25, -0.2) is 4.98 Å². The van der Waals surface area contributed by atoms with Crippen molar-refractivity contribution >= 4 is 27.5 Å². The smallest absolute Gasteiger partial charge is 0.326 e. The zero-order chi connectivity index (χ0) is 17.5. The Balaban J connectivity index is 1.99. The quantitative estimate of drug-likeness (QED) is 0.799. The van der Waals surface area contributed by atoms with Gasteiger partial charge in [0.25, 0.3) is 5.56 Å². The maximum Gasteiger partial charge on any atom is 0.326 e. The molecule has 24 heavy (non-hydrogen) atoms. The number of nitrogens with zero attached hydrogens (tertiary/aromatic N) is 2. The van der Waals surface area contributed by atoms with Crippen molar-refractivity contribution in [3.05, 3.63) is 27.1 Å². The van der Waals surface area contributed by atoms with Gasteiger partial charge in [0.1, 0.15) is 11.4 Å². The van der Waals surface area contributed by atoms with Crippen molar-refractivity contribution in [2.24, 2.45) is 11.3 Å². The molecule has 5 nitrogen and oxygen atoms in total. The van der Waals surface area contributed by atoms with E-state index in [4.69, 9.17) is 4.74 Å². The summed E-state index contributed by atoms with van der Waals surface area (Å²) in [7, 11) is 0. The number of carbonyl (C=O) groups is 1. The minimum Gasteiger partial charge on any atom is -0.465 e. The van der Waals surface area contributed by atoms with Gasteiger partial charge >= 0.3 is 5.97 Å². The Morgan fingerprint density at radius 1 is 1.46 bits per heavy atom. The van der Waals surface area contributed by atoms with E-state index in [1.165, 1.54) is 15.8 Å². The molecule has 0 amide bonds. The minimum absolute atomic E-state index is 0.0785. The minimum atomic E-state index is -0.405. The molecule has 0 saturated carbocycles. The van der Waals surface area contributed by atoms with E-state index >= 15 is 0 Å². The van der Waals surface area contributed by atoms with Crippen LogP contribution in [0.5, 0.6) is 0 Å². The Kier molecular flexibility index (Phi) is 4.51. The van der Waals surface area contributed by atoms with Gasteiger partial charge < -0.3 is 4.74 Å². The molecule has 3 rings (SSSR count). The Labute approximate surface area is 145 Å². The topological polar surface area (TPSA) is 61.2 Å². The summed E-state index contributed by atoms with van der Waals surface area (Å²) in [5.74, 6) is 0.220. The van der Waals surface area contributed by atoms with E-state index in [9.17, 15) is 9.59 Å². The Bertz CT molecular complexity index is 829. The van der Waals surface area contributed by atoms with Gasteiger partial charge in [-0.2, -0.15) is 0 Å². The second-order valence-corrected chi connectivity index (χ2v) is 8.56. The summed E-state index contributed by atoms with van der Waals surface area (Å²) >= 11 is 1.63. The zero-order valence-electron chi connectivity index (χ0n) is 14.7. The summed E-state index contributed by atoms with van der Waals surface area (Å²) in [4.78, 5) is 31.0. The van der Waals surface area contributed by atoms with Gasteiger partial charge in [-0.05, 0) is 43.1 Å². The largest absolute Gasteiger partial charge is 0.465 e. The fraction of sp³-hybridized carbons (Fsp3) is 0.611. The van der Waals surface area contributed by atoms with Crippen LogP contribution in [0, 0.1) is 11.3 Å². The van der Waals surface area contributed by atoms with Gasteiger partial charge in [0.2, 0.25) is 0 Å². The number of hydrogen-bond acceptors (Lipinski definition) is 5. The summed E-state index contributed by atoms with van der Waals surface area (Å²) in [5.41, 5.74) is 1.29. The van der Waals surface area contributed by atoms with Crippen LogP contribution in [0.1, 0.15) is 44.6 Å². The number of aryl methyl sites for hydroxylation is 1. The number of ether oxygens (including phenoxy) is 1. The first-order chi connectivity index (χ1) is 11.3. The fourth-order valence-electron chi connectivity index (χ4n) is 3.40. The van der Waals surface area contributed by atoms with Crippen LogP contribution in [-0.4, -0.2) is 22.1 Å². The van der Waals surface area contributed by atoms with Gasteiger partial charge in [-0.1, -0.05) is 20.8 Å². The highest BCUT2D eigenvalue weighted by Gasteiger charge is 2.31. The molecule has 2 aromatic heterocycles. The molecular weight excluding hydrogens is 324 g/mol.